The van der Waals surface area contributed by atoms with Crippen molar-refractivity contribution in [3.05, 3.63) is 23.5 Å². The van der Waals surface area contributed by atoms with E-state index < -0.39 is 0 Å². The lowest BCUT2D eigenvalue weighted by Crippen LogP contribution is -2.15. The summed E-state index contributed by atoms with van der Waals surface area (Å²) in [6.45, 7) is 6.63. The summed E-state index contributed by atoms with van der Waals surface area (Å²) in [7, 11) is 0. The Labute approximate surface area is 96.2 Å². The Morgan fingerprint density at radius 2 is 2.44 bits per heavy atom. The molecule has 1 aromatic heterocycles. The lowest BCUT2D eigenvalue weighted by molar-refractivity contribution is 0.276. The average molecular weight is 224 g/mol. The fourth-order valence-corrected chi connectivity index (χ4v) is 1.25. The van der Waals surface area contributed by atoms with Crippen LogP contribution in [-0.2, 0) is 13.1 Å². The van der Waals surface area contributed by atoms with Crippen molar-refractivity contribution in [3.63, 3.8) is 0 Å². The molecule has 0 bridgehead atoms. The van der Waals surface area contributed by atoms with Crippen molar-refractivity contribution >= 4 is 0 Å². The van der Waals surface area contributed by atoms with Gasteiger partial charge in [0.25, 0.3) is 0 Å². The smallest absolute Gasteiger partial charge is 0.0964 e. The first-order chi connectivity index (χ1) is 7.76. The molecule has 0 unspecified atom stereocenters. The summed E-state index contributed by atoms with van der Waals surface area (Å²) in [5, 5.41) is 20.0. The van der Waals surface area contributed by atoms with Gasteiger partial charge in [0, 0.05) is 32.4 Å². The van der Waals surface area contributed by atoms with Crippen LogP contribution in [0.5, 0.6) is 0 Å². The summed E-state index contributed by atoms with van der Waals surface area (Å²) >= 11 is 0. The Bertz CT molecular complexity index is 332. The maximum atomic E-state index is 8.68. The zero-order valence-electron chi connectivity index (χ0n) is 9.98. The third-order valence-electron chi connectivity index (χ3n) is 2.33. The molecule has 0 aromatic carbocycles. The molecule has 1 heterocycles. The van der Waals surface area contributed by atoms with Gasteiger partial charge in [-0.15, -0.1) is 5.10 Å². The van der Waals surface area contributed by atoms with E-state index in [-0.39, 0.29) is 6.61 Å². The van der Waals surface area contributed by atoms with Gasteiger partial charge >= 0.3 is 0 Å². The van der Waals surface area contributed by atoms with Crippen LogP contribution in [0.25, 0.3) is 0 Å². The number of aryl methyl sites for hydroxylation is 1. The minimum atomic E-state index is 0.188. The summed E-state index contributed by atoms with van der Waals surface area (Å²) in [6.07, 6.45) is 4.71. The van der Waals surface area contributed by atoms with Gasteiger partial charge < -0.3 is 10.4 Å². The van der Waals surface area contributed by atoms with E-state index in [1.807, 2.05) is 13.1 Å². The zero-order chi connectivity index (χ0) is 11.8. The van der Waals surface area contributed by atoms with Crippen LogP contribution >= 0.6 is 0 Å². The molecule has 1 rings (SSSR count). The third-order valence-corrected chi connectivity index (χ3v) is 2.33. The second-order valence-electron chi connectivity index (χ2n) is 3.79. The molecule has 0 atom stereocenters. The van der Waals surface area contributed by atoms with Crippen molar-refractivity contribution < 1.29 is 5.11 Å². The molecule has 0 aliphatic carbocycles. The Balaban J connectivity index is 2.29. The Kier molecular flexibility index (Phi) is 5.74. The highest BCUT2D eigenvalue weighted by Gasteiger charge is 1.99. The van der Waals surface area contributed by atoms with Crippen LogP contribution in [0.2, 0.25) is 0 Å². The molecule has 1 aromatic rings. The van der Waals surface area contributed by atoms with Gasteiger partial charge in [-0.3, -0.25) is 4.68 Å². The number of rotatable bonds is 7. The first-order valence-electron chi connectivity index (χ1n) is 5.58. The van der Waals surface area contributed by atoms with E-state index >= 15 is 0 Å². The fourth-order valence-electron chi connectivity index (χ4n) is 1.25. The van der Waals surface area contributed by atoms with Gasteiger partial charge in [-0.05, 0) is 20.3 Å². The Morgan fingerprint density at radius 3 is 3.12 bits per heavy atom. The maximum Gasteiger partial charge on any atom is 0.0964 e. The normalized spacial score (nSPS) is 12.1. The molecule has 0 radical (unpaired) electrons. The third kappa shape index (κ3) is 4.55. The number of nitrogens with zero attached hydrogens (tertiary/aromatic N) is 3. The number of aliphatic hydroxyl groups excluding tert-OH is 1. The van der Waals surface area contributed by atoms with Gasteiger partial charge in [0.2, 0.25) is 0 Å². The van der Waals surface area contributed by atoms with Crippen molar-refractivity contribution in [2.45, 2.75) is 33.4 Å². The molecular formula is C11H20N4O. The molecule has 0 spiro atoms. The molecule has 0 saturated carbocycles. The van der Waals surface area contributed by atoms with E-state index in [0.717, 1.165) is 25.3 Å². The average Bonchev–Trinajstić information content (AvgIpc) is 2.74. The number of hydrogen-bond acceptors (Lipinski definition) is 4. The largest absolute Gasteiger partial charge is 0.396 e. The summed E-state index contributed by atoms with van der Waals surface area (Å²) in [4.78, 5) is 0. The van der Waals surface area contributed by atoms with Gasteiger partial charge in [0.05, 0.1) is 5.69 Å². The second-order valence-corrected chi connectivity index (χ2v) is 3.79. The van der Waals surface area contributed by atoms with E-state index in [1.54, 1.807) is 4.68 Å². The molecule has 0 amide bonds. The molecule has 5 heteroatoms. The number of nitrogens with one attached hydrogen (secondary N) is 1. The van der Waals surface area contributed by atoms with Crippen molar-refractivity contribution in [1.82, 2.24) is 20.3 Å². The van der Waals surface area contributed by atoms with Crippen LogP contribution in [0.3, 0.4) is 0 Å². The Hall–Kier alpha value is -1.20. The molecule has 0 saturated heterocycles. The molecule has 5 nitrogen and oxygen atoms in total. The summed E-state index contributed by atoms with van der Waals surface area (Å²) in [5.74, 6) is 0. The SMILES string of the molecule is C/C=C(\C)CNCc1cn(CCCO)nn1. The van der Waals surface area contributed by atoms with Crippen LogP contribution in [0.1, 0.15) is 26.0 Å². The van der Waals surface area contributed by atoms with Gasteiger partial charge in [-0.1, -0.05) is 16.9 Å². The van der Waals surface area contributed by atoms with Crippen LogP contribution in [0.4, 0.5) is 0 Å². The number of aliphatic hydroxyl groups is 1. The Morgan fingerprint density at radius 1 is 1.62 bits per heavy atom. The lowest BCUT2D eigenvalue weighted by Gasteiger charge is -2.01. The zero-order valence-corrected chi connectivity index (χ0v) is 9.98. The van der Waals surface area contributed by atoms with E-state index in [1.165, 1.54) is 5.57 Å². The van der Waals surface area contributed by atoms with E-state index in [0.29, 0.717) is 6.42 Å². The van der Waals surface area contributed by atoms with E-state index in [4.69, 9.17) is 5.11 Å². The first kappa shape index (κ1) is 12.9. The first-order valence-corrected chi connectivity index (χ1v) is 5.58. The highest BCUT2D eigenvalue weighted by molar-refractivity contribution is 4.99. The van der Waals surface area contributed by atoms with Crippen molar-refractivity contribution in [2.75, 3.05) is 13.2 Å². The highest BCUT2D eigenvalue weighted by atomic mass is 16.3. The van der Waals surface area contributed by atoms with Gasteiger partial charge in [0.15, 0.2) is 0 Å². The fraction of sp³-hybridized carbons (Fsp3) is 0.636. The summed E-state index contributed by atoms with van der Waals surface area (Å²) < 4.78 is 1.76. The van der Waals surface area contributed by atoms with E-state index in [9.17, 15) is 0 Å². The molecule has 0 aliphatic rings. The van der Waals surface area contributed by atoms with Crippen LogP contribution in [0.15, 0.2) is 17.8 Å². The number of allylic oxidation sites excluding steroid dienone is 1. The highest BCUT2D eigenvalue weighted by Crippen LogP contribution is 1.95. The molecule has 90 valence electrons. The van der Waals surface area contributed by atoms with Gasteiger partial charge in [-0.2, -0.15) is 0 Å². The molecule has 2 N–H and O–H groups in total. The molecule has 0 aliphatic heterocycles. The molecule has 0 fully saturated rings. The topological polar surface area (TPSA) is 63.0 Å². The van der Waals surface area contributed by atoms with E-state index in [2.05, 4.69) is 28.6 Å². The van der Waals surface area contributed by atoms with Crippen molar-refractivity contribution in [3.8, 4) is 0 Å². The summed E-state index contributed by atoms with van der Waals surface area (Å²) in [5.41, 5.74) is 2.24. The number of hydrogen-bond donors (Lipinski definition) is 2. The predicted octanol–water partition coefficient (Wildman–Crippen LogP) is 0.716. The molecular weight excluding hydrogens is 204 g/mol. The van der Waals surface area contributed by atoms with Crippen molar-refractivity contribution in [2.24, 2.45) is 0 Å². The van der Waals surface area contributed by atoms with Crippen molar-refractivity contribution in [1.29, 1.82) is 0 Å². The van der Waals surface area contributed by atoms with Crippen LogP contribution in [-0.4, -0.2) is 33.3 Å². The standard InChI is InChI=1S/C11H20N4O/c1-3-10(2)7-12-8-11-9-15(14-13-11)5-4-6-16/h3,9,12,16H,4-8H2,1-2H3/b10-3+. The van der Waals surface area contributed by atoms with Crippen LogP contribution in [0, 0.1) is 0 Å². The molecule has 16 heavy (non-hydrogen) atoms. The second kappa shape index (κ2) is 7.14. The minimum absolute atomic E-state index is 0.188. The monoisotopic (exact) mass is 224 g/mol. The number of aromatic nitrogens is 3. The predicted molar refractivity (Wildman–Crippen MR) is 62.9 cm³/mol. The van der Waals surface area contributed by atoms with Gasteiger partial charge in [0.1, 0.15) is 0 Å². The van der Waals surface area contributed by atoms with Crippen LogP contribution < -0.4 is 5.32 Å². The maximum absolute atomic E-state index is 8.68. The minimum Gasteiger partial charge on any atom is -0.396 e. The lowest BCUT2D eigenvalue weighted by atomic mass is 10.3. The quantitative estimate of drug-likeness (QED) is 0.670. The summed E-state index contributed by atoms with van der Waals surface area (Å²) in [6, 6.07) is 0. The van der Waals surface area contributed by atoms with Gasteiger partial charge in [-0.25, -0.2) is 0 Å².